The fourth-order valence-electron chi connectivity index (χ4n) is 2.29. The normalized spacial score (nSPS) is 34.4. The van der Waals surface area contributed by atoms with Gasteiger partial charge in [0.05, 0.1) is 6.61 Å². The second-order valence-electron chi connectivity index (χ2n) is 5.34. The lowest BCUT2D eigenvalue weighted by Crippen LogP contribution is -2.57. The van der Waals surface area contributed by atoms with Crippen LogP contribution in [0.4, 0.5) is 0 Å². The summed E-state index contributed by atoms with van der Waals surface area (Å²) in [4.78, 5) is 0. The molecule has 4 N–H and O–H groups in total. The second-order valence-corrected chi connectivity index (χ2v) is 6.54. The summed E-state index contributed by atoms with van der Waals surface area (Å²) in [6.45, 7) is 1.83. The standard InChI is InChI=1S/C14H28O5S/c1-2-3-4-5-6-7-8-20-14-13(18)12(17)11(16)10(9-15)19-14/h10-18H,2-9H2,1H3/t10-,11-,12-,13-,14+/m1/s1. The first-order chi connectivity index (χ1) is 9.61. The number of aliphatic hydroxyl groups excluding tert-OH is 4. The molecule has 0 bridgehead atoms. The van der Waals surface area contributed by atoms with Gasteiger partial charge in [0.15, 0.2) is 0 Å². The van der Waals surface area contributed by atoms with Crippen molar-refractivity contribution < 1.29 is 25.2 Å². The van der Waals surface area contributed by atoms with Gasteiger partial charge in [-0.05, 0) is 12.2 Å². The van der Waals surface area contributed by atoms with E-state index in [1.54, 1.807) is 0 Å². The van der Waals surface area contributed by atoms with Crippen LogP contribution in [0, 0.1) is 0 Å². The average Bonchev–Trinajstić information content (AvgIpc) is 2.46. The van der Waals surface area contributed by atoms with Crippen LogP contribution < -0.4 is 0 Å². The van der Waals surface area contributed by atoms with Crippen molar-refractivity contribution in [3.63, 3.8) is 0 Å². The van der Waals surface area contributed by atoms with Gasteiger partial charge in [0.1, 0.15) is 29.9 Å². The third kappa shape index (κ3) is 5.50. The molecule has 1 rings (SSSR count). The molecule has 0 spiro atoms. The molecule has 1 heterocycles. The first kappa shape index (κ1) is 18.2. The van der Waals surface area contributed by atoms with Crippen molar-refractivity contribution in [2.24, 2.45) is 0 Å². The third-order valence-electron chi connectivity index (χ3n) is 3.63. The Morgan fingerprint density at radius 2 is 1.55 bits per heavy atom. The zero-order valence-electron chi connectivity index (χ0n) is 12.1. The van der Waals surface area contributed by atoms with Gasteiger partial charge in [-0.1, -0.05) is 39.0 Å². The molecule has 20 heavy (non-hydrogen) atoms. The molecule has 0 saturated carbocycles. The smallest absolute Gasteiger partial charge is 0.132 e. The molecular weight excluding hydrogens is 280 g/mol. The predicted molar refractivity (Wildman–Crippen MR) is 79.6 cm³/mol. The van der Waals surface area contributed by atoms with Gasteiger partial charge in [-0.3, -0.25) is 0 Å². The van der Waals surface area contributed by atoms with Gasteiger partial charge in [0.2, 0.25) is 0 Å². The first-order valence-electron chi connectivity index (χ1n) is 7.54. The highest BCUT2D eigenvalue weighted by molar-refractivity contribution is 7.99. The van der Waals surface area contributed by atoms with Gasteiger partial charge in [0, 0.05) is 0 Å². The molecule has 1 saturated heterocycles. The fourth-order valence-corrected chi connectivity index (χ4v) is 3.47. The van der Waals surface area contributed by atoms with Crippen molar-refractivity contribution in [3.8, 4) is 0 Å². The zero-order chi connectivity index (χ0) is 15.0. The molecular formula is C14H28O5S. The van der Waals surface area contributed by atoms with E-state index in [0.717, 1.165) is 18.6 Å². The largest absolute Gasteiger partial charge is 0.394 e. The summed E-state index contributed by atoms with van der Waals surface area (Å²) in [5.41, 5.74) is -0.582. The van der Waals surface area contributed by atoms with E-state index in [4.69, 9.17) is 9.84 Å². The number of unbranched alkanes of at least 4 members (excludes halogenated alkanes) is 5. The SMILES string of the molecule is CCCCCCCCS[C@@H]1O[C@H](CO)[C@@H](O)[C@@H](O)[C@H]1O. The van der Waals surface area contributed by atoms with Crippen molar-refractivity contribution in [2.75, 3.05) is 12.4 Å². The lowest BCUT2D eigenvalue weighted by molar-refractivity contribution is -0.205. The Morgan fingerprint density at radius 3 is 2.20 bits per heavy atom. The van der Waals surface area contributed by atoms with Gasteiger partial charge in [-0.25, -0.2) is 0 Å². The molecule has 5 nitrogen and oxygen atoms in total. The molecule has 1 aliphatic rings. The highest BCUT2D eigenvalue weighted by Crippen LogP contribution is 2.29. The van der Waals surface area contributed by atoms with Crippen molar-refractivity contribution in [1.82, 2.24) is 0 Å². The Bertz CT molecular complexity index is 252. The molecule has 5 atom stereocenters. The van der Waals surface area contributed by atoms with E-state index < -0.39 is 29.9 Å². The molecule has 0 aliphatic carbocycles. The van der Waals surface area contributed by atoms with Gasteiger partial charge in [-0.2, -0.15) is 0 Å². The Morgan fingerprint density at radius 1 is 0.900 bits per heavy atom. The maximum atomic E-state index is 9.86. The van der Waals surface area contributed by atoms with Crippen LogP contribution in [0.25, 0.3) is 0 Å². The van der Waals surface area contributed by atoms with Gasteiger partial charge in [-0.15, -0.1) is 11.8 Å². The van der Waals surface area contributed by atoms with Gasteiger partial charge < -0.3 is 25.2 Å². The molecule has 0 aromatic carbocycles. The molecule has 0 aromatic rings. The fraction of sp³-hybridized carbons (Fsp3) is 1.00. The summed E-state index contributed by atoms with van der Waals surface area (Å²) >= 11 is 1.44. The molecule has 1 aliphatic heterocycles. The van der Waals surface area contributed by atoms with E-state index in [9.17, 15) is 15.3 Å². The minimum atomic E-state index is -1.26. The molecule has 0 aromatic heterocycles. The van der Waals surface area contributed by atoms with Crippen molar-refractivity contribution >= 4 is 11.8 Å². The number of rotatable bonds is 9. The molecule has 120 valence electrons. The second kappa shape index (κ2) is 9.97. The Labute approximate surface area is 125 Å². The Kier molecular flexibility index (Phi) is 9.08. The van der Waals surface area contributed by atoms with Crippen LogP contribution in [0.5, 0.6) is 0 Å². The van der Waals surface area contributed by atoms with Crippen LogP contribution in [0.3, 0.4) is 0 Å². The first-order valence-corrected chi connectivity index (χ1v) is 8.58. The van der Waals surface area contributed by atoms with E-state index >= 15 is 0 Å². The molecule has 0 amide bonds. The monoisotopic (exact) mass is 308 g/mol. The quantitative estimate of drug-likeness (QED) is 0.473. The van der Waals surface area contributed by atoms with E-state index in [0.29, 0.717) is 0 Å². The lowest BCUT2D eigenvalue weighted by Gasteiger charge is -2.39. The van der Waals surface area contributed by atoms with Crippen LogP contribution >= 0.6 is 11.8 Å². The van der Waals surface area contributed by atoms with Crippen LogP contribution in [0.2, 0.25) is 0 Å². The highest BCUT2D eigenvalue weighted by Gasteiger charge is 2.43. The van der Waals surface area contributed by atoms with Crippen LogP contribution in [0.1, 0.15) is 45.4 Å². The maximum Gasteiger partial charge on any atom is 0.132 e. The van der Waals surface area contributed by atoms with E-state index in [1.807, 2.05) is 0 Å². The summed E-state index contributed by atoms with van der Waals surface area (Å²) in [6, 6.07) is 0. The number of hydrogen-bond donors (Lipinski definition) is 4. The minimum absolute atomic E-state index is 0.362. The topological polar surface area (TPSA) is 90.2 Å². The highest BCUT2D eigenvalue weighted by atomic mass is 32.2. The molecule has 1 fully saturated rings. The maximum absolute atomic E-state index is 9.86. The average molecular weight is 308 g/mol. The minimum Gasteiger partial charge on any atom is -0.394 e. The van der Waals surface area contributed by atoms with E-state index in [1.165, 1.54) is 37.4 Å². The molecule has 0 unspecified atom stereocenters. The van der Waals surface area contributed by atoms with Crippen LogP contribution in [-0.2, 0) is 4.74 Å². The zero-order valence-corrected chi connectivity index (χ0v) is 13.0. The number of aliphatic hydroxyl groups is 4. The Hall–Kier alpha value is 0.150. The van der Waals surface area contributed by atoms with Crippen molar-refractivity contribution in [2.45, 2.75) is 75.3 Å². The predicted octanol–water partition coefficient (Wildman–Crippen LogP) is 0.880. The summed E-state index contributed by atoms with van der Waals surface area (Å²) < 4.78 is 5.43. The summed E-state index contributed by atoms with van der Waals surface area (Å²) in [5, 5.41) is 38.3. The summed E-state index contributed by atoms with van der Waals surface area (Å²) in [5.74, 6) is 0.842. The van der Waals surface area contributed by atoms with E-state index in [-0.39, 0.29) is 6.61 Å². The van der Waals surface area contributed by atoms with Crippen LogP contribution in [0.15, 0.2) is 0 Å². The number of thioether (sulfide) groups is 1. The van der Waals surface area contributed by atoms with Gasteiger partial charge in [0.25, 0.3) is 0 Å². The Balaban J connectivity index is 2.21. The van der Waals surface area contributed by atoms with Gasteiger partial charge >= 0.3 is 0 Å². The molecule has 0 radical (unpaired) electrons. The lowest BCUT2D eigenvalue weighted by atomic mass is 10.0. The number of ether oxygens (including phenoxy) is 1. The molecule has 6 heteroatoms. The third-order valence-corrected chi connectivity index (χ3v) is 4.87. The summed E-state index contributed by atoms with van der Waals surface area (Å²) in [6.07, 6.45) is 2.77. The van der Waals surface area contributed by atoms with Crippen molar-refractivity contribution in [3.05, 3.63) is 0 Å². The van der Waals surface area contributed by atoms with E-state index in [2.05, 4.69) is 6.92 Å². The summed E-state index contributed by atoms with van der Waals surface area (Å²) in [7, 11) is 0. The van der Waals surface area contributed by atoms with Crippen molar-refractivity contribution in [1.29, 1.82) is 0 Å². The number of hydrogen-bond acceptors (Lipinski definition) is 6. The van der Waals surface area contributed by atoms with Crippen LogP contribution in [-0.4, -0.2) is 62.6 Å².